The van der Waals surface area contributed by atoms with E-state index < -0.39 is 11.9 Å². The van der Waals surface area contributed by atoms with Gasteiger partial charge in [0.05, 0.1) is 17.3 Å². The molecule has 1 unspecified atom stereocenters. The largest absolute Gasteiger partial charge is 0.366 e. The van der Waals surface area contributed by atoms with E-state index in [-0.39, 0.29) is 10.9 Å². The minimum atomic E-state index is -0.580. The number of morpholine rings is 1. The van der Waals surface area contributed by atoms with E-state index in [2.05, 4.69) is 22.3 Å². The third kappa shape index (κ3) is 4.32. The van der Waals surface area contributed by atoms with Gasteiger partial charge in [0.1, 0.15) is 11.9 Å². The summed E-state index contributed by atoms with van der Waals surface area (Å²) in [6.07, 6.45) is -0.580. The van der Waals surface area contributed by atoms with Crippen molar-refractivity contribution in [3.8, 4) is 0 Å². The topological polar surface area (TPSA) is 41.6 Å². The zero-order valence-corrected chi connectivity index (χ0v) is 13.8. The molecule has 1 fully saturated rings. The highest BCUT2D eigenvalue weighted by Crippen LogP contribution is 2.23. The minimum absolute atomic E-state index is 0.167. The summed E-state index contributed by atoms with van der Waals surface area (Å²) in [6.45, 7) is 2.53. The Kier molecular flexibility index (Phi) is 5.45. The Morgan fingerprint density at radius 3 is 2.83 bits per heavy atom. The maximum Gasteiger partial charge on any atom is 0.254 e. The number of halogens is 2. The number of rotatable bonds is 4. The van der Waals surface area contributed by atoms with Gasteiger partial charge >= 0.3 is 0 Å². The van der Waals surface area contributed by atoms with Gasteiger partial charge in [-0.05, 0) is 23.8 Å². The molecule has 1 amide bonds. The van der Waals surface area contributed by atoms with Crippen molar-refractivity contribution in [1.29, 1.82) is 0 Å². The SMILES string of the molecule is O=C(Nc1ccc(F)cc1Cl)C1CN(Cc2ccccc2)CCO1. The number of nitrogens with zero attached hydrogens (tertiary/aromatic N) is 1. The Bertz CT molecular complexity index is 711. The van der Waals surface area contributed by atoms with Crippen LogP contribution >= 0.6 is 11.6 Å². The van der Waals surface area contributed by atoms with Gasteiger partial charge in [-0.3, -0.25) is 9.69 Å². The highest BCUT2D eigenvalue weighted by Gasteiger charge is 2.27. The molecule has 0 aliphatic carbocycles. The van der Waals surface area contributed by atoms with E-state index in [1.165, 1.54) is 23.8 Å². The lowest BCUT2D eigenvalue weighted by molar-refractivity contribution is -0.133. The monoisotopic (exact) mass is 348 g/mol. The van der Waals surface area contributed by atoms with Crippen molar-refractivity contribution in [2.24, 2.45) is 0 Å². The zero-order valence-electron chi connectivity index (χ0n) is 13.0. The van der Waals surface area contributed by atoms with Crippen LogP contribution in [-0.2, 0) is 16.1 Å². The maximum absolute atomic E-state index is 13.1. The molecule has 1 aliphatic rings. The molecule has 0 bridgehead atoms. The summed E-state index contributed by atoms with van der Waals surface area (Å²) in [4.78, 5) is 14.6. The van der Waals surface area contributed by atoms with Gasteiger partial charge in [-0.2, -0.15) is 0 Å². The Labute approximate surface area is 145 Å². The fourth-order valence-corrected chi connectivity index (χ4v) is 2.86. The molecule has 0 spiro atoms. The van der Waals surface area contributed by atoms with Crippen molar-refractivity contribution in [2.75, 3.05) is 25.0 Å². The van der Waals surface area contributed by atoms with Gasteiger partial charge in [-0.1, -0.05) is 41.9 Å². The zero-order chi connectivity index (χ0) is 16.9. The van der Waals surface area contributed by atoms with Gasteiger partial charge in [0, 0.05) is 19.6 Å². The number of carbonyl (C=O) groups is 1. The van der Waals surface area contributed by atoms with E-state index >= 15 is 0 Å². The van der Waals surface area contributed by atoms with Crippen LogP contribution in [0.3, 0.4) is 0 Å². The number of ether oxygens (including phenoxy) is 1. The Hall–Kier alpha value is -1.95. The van der Waals surface area contributed by atoms with Crippen molar-refractivity contribution in [3.63, 3.8) is 0 Å². The van der Waals surface area contributed by atoms with Crippen LogP contribution in [0.25, 0.3) is 0 Å². The van der Waals surface area contributed by atoms with Crippen molar-refractivity contribution in [3.05, 3.63) is 64.9 Å². The van der Waals surface area contributed by atoms with Crippen molar-refractivity contribution in [1.82, 2.24) is 4.90 Å². The van der Waals surface area contributed by atoms with Gasteiger partial charge in [0.25, 0.3) is 5.91 Å². The number of nitrogens with one attached hydrogen (secondary N) is 1. The first-order valence-corrected chi connectivity index (χ1v) is 8.13. The number of benzene rings is 2. The molecule has 6 heteroatoms. The molecule has 2 aromatic rings. The molecule has 0 radical (unpaired) electrons. The van der Waals surface area contributed by atoms with Gasteiger partial charge in [0.2, 0.25) is 0 Å². The molecule has 3 rings (SSSR count). The Balaban J connectivity index is 1.60. The van der Waals surface area contributed by atoms with Crippen LogP contribution in [0.1, 0.15) is 5.56 Å². The average Bonchev–Trinajstić information content (AvgIpc) is 2.58. The first-order chi connectivity index (χ1) is 11.6. The molecule has 1 aliphatic heterocycles. The predicted molar refractivity (Wildman–Crippen MR) is 91.5 cm³/mol. The van der Waals surface area contributed by atoms with Crippen LogP contribution in [-0.4, -0.2) is 36.6 Å². The lowest BCUT2D eigenvalue weighted by Crippen LogP contribution is -2.47. The Morgan fingerprint density at radius 2 is 2.08 bits per heavy atom. The van der Waals surface area contributed by atoms with Crippen LogP contribution in [0.4, 0.5) is 10.1 Å². The average molecular weight is 349 g/mol. The fraction of sp³-hybridized carbons (Fsp3) is 0.278. The minimum Gasteiger partial charge on any atom is -0.366 e. The number of carbonyl (C=O) groups excluding carboxylic acids is 1. The van der Waals surface area contributed by atoms with Crippen LogP contribution < -0.4 is 5.32 Å². The highest BCUT2D eigenvalue weighted by atomic mass is 35.5. The van der Waals surface area contributed by atoms with E-state index in [0.717, 1.165) is 13.1 Å². The number of anilines is 1. The van der Waals surface area contributed by atoms with Gasteiger partial charge in [-0.25, -0.2) is 4.39 Å². The number of amides is 1. The smallest absolute Gasteiger partial charge is 0.254 e. The molecule has 0 aromatic heterocycles. The normalized spacial score (nSPS) is 18.3. The molecule has 1 atom stereocenters. The Morgan fingerprint density at radius 1 is 1.29 bits per heavy atom. The highest BCUT2D eigenvalue weighted by molar-refractivity contribution is 6.33. The third-order valence-electron chi connectivity index (χ3n) is 3.88. The van der Waals surface area contributed by atoms with Crippen LogP contribution in [0, 0.1) is 5.82 Å². The molecule has 2 aromatic carbocycles. The van der Waals surface area contributed by atoms with E-state index in [1.54, 1.807) is 0 Å². The summed E-state index contributed by atoms with van der Waals surface area (Å²) in [5.41, 5.74) is 1.58. The third-order valence-corrected chi connectivity index (χ3v) is 4.19. The predicted octanol–water partition coefficient (Wildman–Crippen LogP) is 3.32. The molecular weight excluding hydrogens is 331 g/mol. The lowest BCUT2D eigenvalue weighted by atomic mass is 10.2. The molecule has 1 saturated heterocycles. The second-order valence-corrected chi connectivity index (χ2v) is 6.10. The van der Waals surface area contributed by atoms with E-state index in [0.29, 0.717) is 18.8 Å². The molecular formula is C18H18ClFN2O2. The van der Waals surface area contributed by atoms with Crippen molar-refractivity contribution in [2.45, 2.75) is 12.6 Å². The molecule has 1 N–H and O–H groups in total. The van der Waals surface area contributed by atoms with Crippen LogP contribution in [0.5, 0.6) is 0 Å². The van der Waals surface area contributed by atoms with E-state index in [9.17, 15) is 9.18 Å². The second kappa shape index (κ2) is 7.75. The molecule has 24 heavy (non-hydrogen) atoms. The van der Waals surface area contributed by atoms with Gasteiger partial charge < -0.3 is 10.1 Å². The summed E-state index contributed by atoms with van der Waals surface area (Å²) < 4.78 is 18.6. The molecule has 126 valence electrons. The molecule has 1 heterocycles. The van der Waals surface area contributed by atoms with Crippen LogP contribution in [0.2, 0.25) is 5.02 Å². The summed E-state index contributed by atoms with van der Waals surface area (Å²) in [5.74, 6) is -0.720. The van der Waals surface area contributed by atoms with Gasteiger partial charge in [-0.15, -0.1) is 0 Å². The lowest BCUT2D eigenvalue weighted by Gasteiger charge is -2.32. The number of hydrogen-bond donors (Lipinski definition) is 1. The fourth-order valence-electron chi connectivity index (χ4n) is 2.65. The number of hydrogen-bond acceptors (Lipinski definition) is 3. The second-order valence-electron chi connectivity index (χ2n) is 5.69. The van der Waals surface area contributed by atoms with E-state index in [1.807, 2.05) is 18.2 Å². The summed E-state index contributed by atoms with van der Waals surface area (Å²) in [6, 6.07) is 14.0. The summed E-state index contributed by atoms with van der Waals surface area (Å²) >= 11 is 5.94. The summed E-state index contributed by atoms with van der Waals surface area (Å²) in [5, 5.41) is 2.87. The first kappa shape index (κ1) is 16.9. The van der Waals surface area contributed by atoms with Crippen molar-refractivity contribution < 1.29 is 13.9 Å². The maximum atomic E-state index is 13.1. The quantitative estimate of drug-likeness (QED) is 0.921. The van der Waals surface area contributed by atoms with E-state index in [4.69, 9.17) is 16.3 Å². The molecule has 0 saturated carbocycles. The van der Waals surface area contributed by atoms with Gasteiger partial charge in [0.15, 0.2) is 0 Å². The summed E-state index contributed by atoms with van der Waals surface area (Å²) in [7, 11) is 0. The standard InChI is InChI=1S/C18H18ClFN2O2/c19-15-10-14(20)6-7-16(15)21-18(23)17-12-22(8-9-24-17)11-13-4-2-1-3-5-13/h1-7,10,17H,8-9,11-12H2,(H,21,23). The van der Waals surface area contributed by atoms with Crippen molar-refractivity contribution >= 4 is 23.2 Å². The van der Waals surface area contributed by atoms with Crippen LogP contribution in [0.15, 0.2) is 48.5 Å². The first-order valence-electron chi connectivity index (χ1n) is 7.75. The molecule has 4 nitrogen and oxygen atoms in total.